The molecule has 0 aliphatic heterocycles. The molecule has 0 saturated heterocycles. The molecule has 0 radical (unpaired) electrons. The Morgan fingerprint density at radius 3 is 1.76 bits per heavy atom. The molecule has 8 heteroatoms. The van der Waals surface area contributed by atoms with Crippen molar-refractivity contribution >= 4 is 12.6 Å². The van der Waals surface area contributed by atoms with Crippen LogP contribution >= 0.6 is 12.6 Å². The van der Waals surface area contributed by atoms with E-state index in [9.17, 15) is 26.3 Å². The molecule has 0 heterocycles. The minimum absolute atomic E-state index is 0.232. The number of halogens is 6. The lowest BCUT2D eigenvalue weighted by molar-refractivity contribution is -0.327. The zero-order valence-corrected chi connectivity index (χ0v) is 9.63. The summed E-state index contributed by atoms with van der Waals surface area (Å²) in [6, 6.07) is 0. The Morgan fingerprint density at radius 1 is 1.06 bits per heavy atom. The predicted molar refractivity (Wildman–Crippen MR) is 52.0 cm³/mol. The van der Waals surface area contributed by atoms with Crippen molar-refractivity contribution in [1.82, 2.24) is 0 Å². The molecule has 17 heavy (non-hydrogen) atoms. The highest BCUT2D eigenvalue weighted by Crippen LogP contribution is 2.44. The first kappa shape index (κ1) is 14.9. The molecule has 1 saturated carbocycles. The Labute approximate surface area is 99.9 Å². The average molecular weight is 282 g/mol. The molecular weight excluding hydrogens is 270 g/mol. The second-order valence-electron chi connectivity index (χ2n) is 4.29. The highest BCUT2D eigenvalue weighted by atomic mass is 32.1. The average Bonchev–Trinajstić information content (AvgIpc) is 2.05. The molecule has 0 aromatic heterocycles. The van der Waals surface area contributed by atoms with Gasteiger partial charge in [-0.05, 0) is 18.6 Å². The smallest absolute Gasteiger partial charge is 0.360 e. The van der Waals surface area contributed by atoms with Crippen molar-refractivity contribution in [2.24, 2.45) is 5.41 Å². The van der Waals surface area contributed by atoms with Gasteiger partial charge in [0, 0.05) is 5.41 Å². The number of rotatable bonds is 4. The fourth-order valence-corrected chi connectivity index (χ4v) is 2.07. The van der Waals surface area contributed by atoms with Crippen LogP contribution in [0.15, 0.2) is 0 Å². The maximum Gasteiger partial charge on any atom is 0.423 e. The van der Waals surface area contributed by atoms with Gasteiger partial charge in [0.05, 0.1) is 6.61 Å². The standard InChI is InChI=1S/C9H12F6OS/c10-8(11,12)6(9(13,14)15)16-4-7(5-17)2-1-3-7/h6,17H,1-5H2. The van der Waals surface area contributed by atoms with Gasteiger partial charge in [0.15, 0.2) is 0 Å². The lowest BCUT2D eigenvalue weighted by atomic mass is 9.71. The van der Waals surface area contributed by atoms with Crippen molar-refractivity contribution in [3.63, 3.8) is 0 Å². The third kappa shape index (κ3) is 3.67. The van der Waals surface area contributed by atoms with E-state index < -0.39 is 30.5 Å². The lowest BCUT2D eigenvalue weighted by Crippen LogP contribution is -2.47. The summed E-state index contributed by atoms with van der Waals surface area (Å²) in [5, 5.41) is 0. The molecule has 0 spiro atoms. The van der Waals surface area contributed by atoms with Gasteiger partial charge in [0.25, 0.3) is 0 Å². The Morgan fingerprint density at radius 2 is 1.53 bits per heavy atom. The van der Waals surface area contributed by atoms with E-state index >= 15 is 0 Å². The van der Waals surface area contributed by atoms with E-state index in [0.717, 1.165) is 6.42 Å². The van der Waals surface area contributed by atoms with Crippen LogP contribution in [0.4, 0.5) is 26.3 Å². The molecule has 1 fully saturated rings. The van der Waals surface area contributed by atoms with Gasteiger partial charge in [-0.25, -0.2) is 0 Å². The van der Waals surface area contributed by atoms with Crippen molar-refractivity contribution in [1.29, 1.82) is 0 Å². The summed E-state index contributed by atoms with van der Waals surface area (Å²) in [7, 11) is 0. The Bertz CT molecular complexity index is 238. The van der Waals surface area contributed by atoms with Gasteiger partial charge in [-0.15, -0.1) is 0 Å². The van der Waals surface area contributed by atoms with Gasteiger partial charge >= 0.3 is 12.4 Å². The van der Waals surface area contributed by atoms with E-state index in [4.69, 9.17) is 0 Å². The van der Waals surface area contributed by atoms with Gasteiger partial charge in [0.1, 0.15) is 0 Å². The number of ether oxygens (including phenoxy) is 1. The van der Waals surface area contributed by atoms with Crippen LogP contribution in [0.1, 0.15) is 19.3 Å². The van der Waals surface area contributed by atoms with Crippen LogP contribution in [0.25, 0.3) is 0 Å². The lowest BCUT2D eigenvalue weighted by Gasteiger charge is -2.41. The monoisotopic (exact) mass is 282 g/mol. The normalized spacial score (nSPS) is 20.5. The Balaban J connectivity index is 2.62. The third-order valence-corrected chi connectivity index (χ3v) is 3.57. The summed E-state index contributed by atoms with van der Waals surface area (Å²) >= 11 is 3.94. The molecule has 0 atom stereocenters. The largest absolute Gasteiger partial charge is 0.423 e. The van der Waals surface area contributed by atoms with Gasteiger partial charge in [-0.3, -0.25) is 0 Å². The first-order valence-corrected chi connectivity index (χ1v) is 5.60. The van der Waals surface area contributed by atoms with Crippen LogP contribution in [0, 0.1) is 5.41 Å². The van der Waals surface area contributed by atoms with Crippen LogP contribution in [0.5, 0.6) is 0 Å². The van der Waals surface area contributed by atoms with Crippen molar-refractivity contribution in [3.8, 4) is 0 Å². The maximum absolute atomic E-state index is 12.2. The van der Waals surface area contributed by atoms with Crippen LogP contribution in [-0.2, 0) is 4.74 Å². The van der Waals surface area contributed by atoms with Crippen LogP contribution in [-0.4, -0.2) is 30.8 Å². The summed E-state index contributed by atoms with van der Waals surface area (Å²) < 4.78 is 77.0. The number of hydrogen-bond acceptors (Lipinski definition) is 2. The van der Waals surface area contributed by atoms with E-state index in [1.165, 1.54) is 0 Å². The molecule has 0 unspecified atom stereocenters. The third-order valence-electron chi connectivity index (χ3n) is 2.90. The Kier molecular flexibility index (Phi) is 4.28. The predicted octanol–water partition coefficient (Wildman–Crippen LogP) is 3.60. The first-order valence-electron chi connectivity index (χ1n) is 4.97. The second kappa shape index (κ2) is 4.87. The van der Waals surface area contributed by atoms with Crippen LogP contribution < -0.4 is 0 Å². The molecule has 0 aromatic carbocycles. The van der Waals surface area contributed by atoms with E-state index in [1.54, 1.807) is 0 Å². The SMILES string of the molecule is FC(F)(F)C(OCC1(CS)CCC1)C(F)(F)F. The molecule has 1 nitrogen and oxygen atoms in total. The molecule has 0 N–H and O–H groups in total. The summed E-state index contributed by atoms with van der Waals surface area (Å²) in [5.41, 5.74) is -0.627. The molecule has 0 aromatic rings. The first-order chi connectivity index (χ1) is 7.61. The fourth-order valence-electron chi connectivity index (χ4n) is 1.66. The highest BCUT2D eigenvalue weighted by molar-refractivity contribution is 7.80. The highest BCUT2D eigenvalue weighted by Gasteiger charge is 2.58. The molecule has 1 rings (SSSR count). The van der Waals surface area contributed by atoms with Gasteiger partial charge in [0.2, 0.25) is 6.10 Å². The van der Waals surface area contributed by atoms with Gasteiger partial charge in [-0.2, -0.15) is 39.0 Å². The summed E-state index contributed by atoms with van der Waals surface area (Å²) in [6.07, 6.45) is -12.7. The van der Waals surface area contributed by atoms with Crippen molar-refractivity contribution in [2.75, 3.05) is 12.4 Å². The summed E-state index contributed by atoms with van der Waals surface area (Å²) in [4.78, 5) is 0. The van der Waals surface area contributed by atoms with E-state index in [1.807, 2.05) is 0 Å². The zero-order chi connectivity index (χ0) is 13.3. The fraction of sp³-hybridized carbons (Fsp3) is 1.00. The minimum atomic E-state index is -5.43. The molecule has 0 bridgehead atoms. The van der Waals surface area contributed by atoms with Crippen molar-refractivity contribution < 1.29 is 31.1 Å². The summed E-state index contributed by atoms with van der Waals surface area (Å²) in [5.74, 6) is 0.232. The van der Waals surface area contributed by atoms with Crippen LogP contribution in [0.3, 0.4) is 0 Å². The molecule has 0 amide bonds. The molecular formula is C9H12F6OS. The van der Waals surface area contributed by atoms with Gasteiger partial charge in [-0.1, -0.05) is 6.42 Å². The molecule has 1 aliphatic rings. The van der Waals surface area contributed by atoms with Crippen molar-refractivity contribution in [2.45, 2.75) is 37.7 Å². The maximum atomic E-state index is 12.2. The van der Waals surface area contributed by atoms with Crippen LogP contribution in [0.2, 0.25) is 0 Å². The number of alkyl halides is 6. The minimum Gasteiger partial charge on any atom is -0.360 e. The topological polar surface area (TPSA) is 9.23 Å². The van der Waals surface area contributed by atoms with E-state index in [0.29, 0.717) is 12.8 Å². The van der Waals surface area contributed by atoms with E-state index in [2.05, 4.69) is 17.4 Å². The number of thiol groups is 1. The summed E-state index contributed by atoms with van der Waals surface area (Å²) in [6.45, 7) is -0.555. The quantitative estimate of drug-likeness (QED) is 0.612. The zero-order valence-electron chi connectivity index (χ0n) is 8.74. The Hall–Kier alpha value is -0.110. The second-order valence-corrected chi connectivity index (χ2v) is 4.60. The van der Waals surface area contributed by atoms with Crippen molar-refractivity contribution in [3.05, 3.63) is 0 Å². The molecule has 102 valence electrons. The van der Waals surface area contributed by atoms with Gasteiger partial charge < -0.3 is 4.74 Å². The molecule has 1 aliphatic carbocycles. The van der Waals surface area contributed by atoms with E-state index in [-0.39, 0.29) is 5.75 Å². The number of hydrogen-bond donors (Lipinski definition) is 1.